The molecule has 3 aliphatic carbocycles. The fourth-order valence-corrected chi connectivity index (χ4v) is 6.86. The van der Waals surface area contributed by atoms with E-state index in [1.165, 1.54) is 37.8 Å². The molecule has 0 nitrogen and oxygen atoms in total. The molecule has 0 bridgehead atoms. The zero-order valence-electron chi connectivity index (χ0n) is 19.0. The van der Waals surface area contributed by atoms with Crippen LogP contribution in [0.5, 0.6) is 0 Å². The van der Waals surface area contributed by atoms with Gasteiger partial charge < -0.3 is 24.8 Å². The van der Waals surface area contributed by atoms with E-state index in [-0.39, 0.29) is 38.2 Å². The number of allylic oxidation sites excluding steroid dienone is 13. The normalized spacial score (nSPS) is 20.8. The predicted octanol–water partition coefficient (Wildman–Crippen LogP) is 1.03. The predicted molar refractivity (Wildman–Crippen MR) is 134 cm³/mol. The Kier molecular flexibility index (Phi) is 13.4. The van der Waals surface area contributed by atoms with Crippen molar-refractivity contribution in [2.75, 3.05) is 6.26 Å². The molecule has 166 valence electrons. The molecule has 6 heteroatoms. The number of thioether (sulfide) groups is 1. The molecule has 5 rings (SSSR count). The summed E-state index contributed by atoms with van der Waals surface area (Å²) >= 11 is 3.52. The van der Waals surface area contributed by atoms with Gasteiger partial charge in [-0.1, -0.05) is 63.1 Å². The Morgan fingerprint density at radius 1 is 1.09 bits per heavy atom. The van der Waals surface area contributed by atoms with Gasteiger partial charge in [0.2, 0.25) is 0 Å². The van der Waals surface area contributed by atoms with Gasteiger partial charge in [0.1, 0.15) is 0 Å². The van der Waals surface area contributed by atoms with E-state index in [0.717, 1.165) is 0 Å². The minimum Gasteiger partial charge on any atom is -1.00 e. The zero-order chi connectivity index (χ0) is 21.7. The van der Waals surface area contributed by atoms with E-state index in [0.29, 0.717) is 5.66 Å². The van der Waals surface area contributed by atoms with Gasteiger partial charge in [0.05, 0.1) is 0 Å². The molecule has 0 saturated carbocycles. The van der Waals surface area contributed by atoms with Crippen molar-refractivity contribution in [3.8, 4) is 0 Å². The van der Waals surface area contributed by atoms with E-state index in [4.69, 9.17) is 0 Å². The van der Waals surface area contributed by atoms with E-state index in [1.807, 2.05) is 6.08 Å². The summed E-state index contributed by atoms with van der Waals surface area (Å²) in [7, 11) is -0.183. The van der Waals surface area contributed by atoms with E-state index in [2.05, 4.69) is 106 Å². The quantitative estimate of drug-likeness (QED) is 0.281. The van der Waals surface area contributed by atoms with Crippen LogP contribution < -0.4 is 30.1 Å². The first-order valence-corrected chi connectivity index (χ1v) is 18.9. The van der Waals surface area contributed by atoms with E-state index in [1.54, 1.807) is 35.1 Å². The molecule has 2 unspecified atom stereocenters. The Morgan fingerprint density at radius 3 is 2.38 bits per heavy atom. The monoisotopic (exact) mass is 590 g/mol. The molecule has 0 radical (unpaired) electrons. The summed E-state index contributed by atoms with van der Waals surface area (Å²) in [4.78, 5) is 1.33. The maximum Gasteiger partial charge on any atom is -1.00 e. The van der Waals surface area contributed by atoms with Gasteiger partial charge >= 0.3 is 41.9 Å². The van der Waals surface area contributed by atoms with Gasteiger partial charge in [0.25, 0.3) is 0 Å². The molecule has 1 aliphatic heterocycles. The summed E-state index contributed by atoms with van der Waals surface area (Å²) in [5, 5.41) is 3.00. The van der Waals surface area contributed by atoms with Crippen molar-refractivity contribution in [3.63, 3.8) is 0 Å². The third-order valence-corrected chi connectivity index (χ3v) is 8.22. The van der Waals surface area contributed by atoms with Gasteiger partial charge in [-0.25, -0.2) is 0 Å². The number of hydrogen-bond acceptors (Lipinski definition) is 1. The fraction of sp³-hybridized carbons (Fsp3) is 0.231. The molecule has 0 aromatic heterocycles. The van der Waals surface area contributed by atoms with Crippen LogP contribution >= 0.6 is 19.7 Å². The van der Waals surface area contributed by atoms with Crippen molar-refractivity contribution in [2.45, 2.75) is 32.6 Å². The minimum absolute atomic E-state index is 0. The third kappa shape index (κ3) is 7.69. The van der Waals surface area contributed by atoms with Gasteiger partial charge in [-0.15, -0.1) is 40.3 Å². The van der Waals surface area contributed by atoms with Crippen molar-refractivity contribution in [2.24, 2.45) is 0 Å². The van der Waals surface area contributed by atoms with Crippen molar-refractivity contribution in [3.05, 3.63) is 111 Å². The van der Waals surface area contributed by atoms with Gasteiger partial charge in [0, 0.05) is 0 Å². The van der Waals surface area contributed by atoms with Crippen LogP contribution in [0.2, 0.25) is 13.1 Å². The molecule has 0 fully saturated rings. The van der Waals surface area contributed by atoms with Crippen molar-refractivity contribution in [1.82, 2.24) is 0 Å². The van der Waals surface area contributed by atoms with Gasteiger partial charge in [0.15, 0.2) is 0 Å². The molecular formula is C26H27Cl2PSSiZr-2. The smallest absolute Gasteiger partial charge is 1.00 e. The second-order valence-corrected chi connectivity index (χ2v) is 20.3. The molecule has 0 spiro atoms. The Bertz CT molecular complexity index is 1040. The number of benzene rings is 1. The zero-order valence-corrected chi connectivity index (χ0v) is 25.7. The van der Waals surface area contributed by atoms with Gasteiger partial charge in [-0.3, -0.25) is 0 Å². The SMILES string of the molecule is CC1=[C-]C2=CC(C)P(c3ccccc3)C2=C1.CSC1=C2[C-]=CC=C2C=C1.C[Si](C)=[Zr+2].[Cl-].[Cl-]. The minimum atomic E-state index is -0.183. The van der Waals surface area contributed by atoms with Crippen LogP contribution in [0.25, 0.3) is 0 Å². The summed E-state index contributed by atoms with van der Waals surface area (Å²) in [6.45, 7) is 9.07. The van der Waals surface area contributed by atoms with Crippen LogP contribution in [0.1, 0.15) is 13.8 Å². The number of fused-ring (bicyclic) bond motifs is 2. The first kappa shape index (κ1) is 29.9. The van der Waals surface area contributed by atoms with Crippen molar-refractivity contribution in [1.29, 1.82) is 0 Å². The summed E-state index contributed by atoms with van der Waals surface area (Å²) in [5.41, 5.74) is 6.06. The van der Waals surface area contributed by atoms with Crippen molar-refractivity contribution >= 4 is 30.4 Å². The molecule has 4 aliphatic rings. The van der Waals surface area contributed by atoms with E-state index in [9.17, 15) is 0 Å². The maximum absolute atomic E-state index is 3.45. The van der Waals surface area contributed by atoms with Crippen LogP contribution in [0.4, 0.5) is 0 Å². The molecule has 0 N–H and O–H groups in total. The first-order chi connectivity index (χ1) is 14.4. The molecule has 0 amide bonds. The largest absolute Gasteiger partial charge is 1.00 e. The van der Waals surface area contributed by atoms with Crippen molar-refractivity contribution < 1.29 is 48.1 Å². The Labute approximate surface area is 227 Å². The number of rotatable bonds is 2. The molecule has 2 atom stereocenters. The van der Waals surface area contributed by atoms with E-state index >= 15 is 0 Å². The van der Waals surface area contributed by atoms with Crippen LogP contribution in [-0.4, -0.2) is 17.3 Å². The molecule has 1 heterocycles. The summed E-state index contributed by atoms with van der Waals surface area (Å²) in [6.07, 6.45) is 21.8. The van der Waals surface area contributed by atoms with Crippen LogP contribution in [0.15, 0.2) is 99.3 Å². The summed E-state index contributed by atoms with van der Waals surface area (Å²) in [6, 6.07) is 10.9. The number of hydrogen-bond donors (Lipinski definition) is 0. The van der Waals surface area contributed by atoms with Gasteiger partial charge in [-0.2, -0.15) is 41.6 Å². The summed E-state index contributed by atoms with van der Waals surface area (Å²) < 4.78 is 0. The second-order valence-electron chi connectivity index (χ2n) is 7.57. The Morgan fingerprint density at radius 2 is 1.75 bits per heavy atom. The Balaban J connectivity index is 0.000000277. The first-order valence-electron chi connectivity index (χ1n) is 10.1. The fourth-order valence-electron chi connectivity index (χ4n) is 3.57. The number of halogens is 2. The average molecular weight is 593 g/mol. The average Bonchev–Trinajstić information content (AvgIpc) is 3.43. The van der Waals surface area contributed by atoms with Gasteiger partial charge in [-0.05, 0) is 17.2 Å². The van der Waals surface area contributed by atoms with Crippen LogP contribution in [0, 0.1) is 12.2 Å². The topological polar surface area (TPSA) is 0 Å². The van der Waals surface area contributed by atoms with Crippen LogP contribution in [-0.2, 0) is 23.3 Å². The molecule has 1 aromatic carbocycles. The Hall–Kier alpha value is -0.140. The molecular weight excluding hydrogens is 566 g/mol. The standard InChI is InChI=1S/C15H14P.C9H7S.C2H6Si.2ClH.Zr/c1-11-8-13-10-12(2)16(15(13)9-11)14-6-4-3-5-7-14;1-10-9-6-5-7-3-2-4-8(7)9;1-3-2;;;/h3-7,9-10,12H,1-2H3;2-3,5-6H,1H3;1-2H3;2*1H;/q2*-1;;;;+2/p-2. The molecule has 1 aromatic rings. The molecule has 32 heavy (non-hydrogen) atoms. The van der Waals surface area contributed by atoms with E-state index < -0.39 is 0 Å². The third-order valence-electron chi connectivity index (χ3n) is 4.73. The summed E-state index contributed by atoms with van der Waals surface area (Å²) in [5.74, 6) is 0. The second kappa shape index (κ2) is 14.3. The molecule has 0 saturated heterocycles. The maximum atomic E-state index is 3.45. The van der Waals surface area contributed by atoms with Crippen LogP contribution in [0.3, 0.4) is 0 Å².